The summed E-state index contributed by atoms with van der Waals surface area (Å²) in [6.07, 6.45) is 7.22. The van der Waals surface area contributed by atoms with Crippen LogP contribution in [0.15, 0.2) is 34.8 Å². The monoisotopic (exact) mass is 420 g/mol. The first-order valence-electron chi connectivity index (χ1n) is 10.8. The average Bonchev–Trinajstić information content (AvgIpc) is 3.01. The van der Waals surface area contributed by atoms with Crippen LogP contribution >= 0.6 is 0 Å². The number of aliphatic hydroxyl groups is 1. The molecule has 0 saturated carbocycles. The Bertz CT molecular complexity index is 732. The van der Waals surface area contributed by atoms with Crippen LogP contribution < -0.4 is 0 Å². The molecule has 1 N–H and O–H groups in total. The molecule has 6 heteroatoms. The lowest BCUT2D eigenvalue weighted by molar-refractivity contribution is -0.143. The summed E-state index contributed by atoms with van der Waals surface area (Å²) in [5.74, 6) is -0.220. The predicted octanol–water partition coefficient (Wildman–Crippen LogP) is 4.09. The summed E-state index contributed by atoms with van der Waals surface area (Å²) in [5, 5.41) is 10.5. The number of methoxy groups -OCH3 is 2. The zero-order valence-corrected chi connectivity index (χ0v) is 19.1. The fraction of sp³-hybridized carbons (Fsp3) is 0.667. The lowest BCUT2D eigenvalue weighted by atomic mass is 9.77. The number of rotatable bonds is 9. The smallest absolute Gasteiger partial charge is 0.309 e. The van der Waals surface area contributed by atoms with Crippen molar-refractivity contribution in [2.75, 3.05) is 14.2 Å². The van der Waals surface area contributed by atoms with E-state index >= 15 is 0 Å². The molecule has 2 rings (SSSR count). The molecule has 1 aliphatic carbocycles. The number of hydrogen-bond donors (Lipinski definition) is 1. The topological polar surface area (TPSA) is 82.1 Å². The Morgan fingerprint density at radius 2 is 1.83 bits per heavy atom. The highest BCUT2D eigenvalue weighted by Gasteiger charge is 2.42. The molecule has 1 heterocycles. The SMILES string of the molecule is COC1=C(OC)C(C)C(C/C=C(\C)CC/C=C(\C)CC2CC(C)C(=O)O2)C(O)C1=O. The van der Waals surface area contributed by atoms with Gasteiger partial charge in [0.05, 0.1) is 20.1 Å². The summed E-state index contributed by atoms with van der Waals surface area (Å²) in [6, 6.07) is 0. The standard InChI is InChI=1S/C24H36O6/c1-14(8-7-9-15(2)12-18-13-16(3)24(27)30-18)10-11-19-17(4)22(28-5)23(29-6)21(26)20(19)25/h9-10,16-20,25H,7-8,11-13H2,1-6H3/b14-10+,15-9+. The maximum atomic E-state index is 12.4. The van der Waals surface area contributed by atoms with E-state index in [9.17, 15) is 14.7 Å². The second-order valence-electron chi connectivity index (χ2n) is 8.64. The molecule has 0 bridgehead atoms. The van der Waals surface area contributed by atoms with E-state index in [0.717, 1.165) is 25.7 Å². The molecule has 0 aromatic heterocycles. The Morgan fingerprint density at radius 1 is 1.13 bits per heavy atom. The van der Waals surface area contributed by atoms with E-state index in [-0.39, 0.29) is 35.6 Å². The lowest BCUT2D eigenvalue weighted by Crippen LogP contribution is -2.41. The highest BCUT2D eigenvalue weighted by atomic mass is 16.6. The Hall–Kier alpha value is -2.08. The van der Waals surface area contributed by atoms with Crippen LogP contribution in [0, 0.1) is 17.8 Å². The molecule has 30 heavy (non-hydrogen) atoms. The number of cyclic esters (lactones) is 1. The van der Waals surface area contributed by atoms with Crippen molar-refractivity contribution in [1.29, 1.82) is 0 Å². The molecule has 5 unspecified atom stereocenters. The van der Waals surface area contributed by atoms with Gasteiger partial charge in [0.25, 0.3) is 0 Å². The molecular weight excluding hydrogens is 384 g/mol. The first kappa shape index (κ1) is 24.2. The first-order chi connectivity index (χ1) is 14.2. The zero-order chi connectivity index (χ0) is 22.4. The van der Waals surface area contributed by atoms with Gasteiger partial charge in [0, 0.05) is 18.3 Å². The van der Waals surface area contributed by atoms with Crippen LogP contribution in [-0.4, -0.2) is 43.3 Å². The van der Waals surface area contributed by atoms with Crippen LogP contribution in [0.2, 0.25) is 0 Å². The minimum Gasteiger partial charge on any atom is -0.497 e. The molecule has 1 fully saturated rings. The number of aliphatic hydroxyl groups excluding tert-OH is 1. The third-order valence-corrected chi connectivity index (χ3v) is 6.22. The van der Waals surface area contributed by atoms with Gasteiger partial charge in [-0.3, -0.25) is 9.59 Å². The van der Waals surface area contributed by atoms with Crippen molar-refractivity contribution in [2.24, 2.45) is 17.8 Å². The van der Waals surface area contributed by atoms with Crippen LogP contribution in [0.1, 0.15) is 59.8 Å². The summed E-state index contributed by atoms with van der Waals surface area (Å²) < 4.78 is 15.9. The van der Waals surface area contributed by atoms with Gasteiger partial charge in [-0.1, -0.05) is 37.1 Å². The van der Waals surface area contributed by atoms with Crippen LogP contribution in [0.3, 0.4) is 0 Å². The lowest BCUT2D eigenvalue weighted by Gasteiger charge is -2.33. The predicted molar refractivity (Wildman–Crippen MR) is 114 cm³/mol. The van der Waals surface area contributed by atoms with Gasteiger partial charge >= 0.3 is 5.97 Å². The molecule has 0 aromatic rings. The molecule has 0 radical (unpaired) electrons. The van der Waals surface area contributed by atoms with Crippen LogP contribution in [-0.2, 0) is 23.8 Å². The van der Waals surface area contributed by atoms with Gasteiger partial charge in [0.2, 0.25) is 11.5 Å². The maximum Gasteiger partial charge on any atom is 0.309 e. The van der Waals surface area contributed by atoms with Crippen molar-refractivity contribution >= 4 is 11.8 Å². The van der Waals surface area contributed by atoms with E-state index in [1.807, 2.05) is 13.8 Å². The summed E-state index contributed by atoms with van der Waals surface area (Å²) in [5.41, 5.74) is 2.45. The normalized spacial score (nSPS) is 30.6. The van der Waals surface area contributed by atoms with Crippen molar-refractivity contribution < 1.29 is 28.9 Å². The number of carbonyl (C=O) groups excluding carboxylic acids is 2. The van der Waals surface area contributed by atoms with E-state index in [1.54, 1.807) is 0 Å². The average molecular weight is 421 g/mol. The van der Waals surface area contributed by atoms with Crippen LogP contribution in [0.4, 0.5) is 0 Å². The molecule has 2 aliphatic rings. The number of carbonyl (C=O) groups is 2. The second kappa shape index (κ2) is 10.8. The molecule has 168 valence electrons. The number of allylic oxidation sites excluding steroid dienone is 4. The second-order valence-corrected chi connectivity index (χ2v) is 8.64. The zero-order valence-electron chi connectivity index (χ0n) is 19.1. The molecule has 0 aromatic carbocycles. The van der Waals surface area contributed by atoms with Gasteiger partial charge in [-0.2, -0.15) is 0 Å². The van der Waals surface area contributed by atoms with Crippen LogP contribution in [0.5, 0.6) is 0 Å². The summed E-state index contributed by atoms with van der Waals surface area (Å²) in [7, 11) is 2.94. The van der Waals surface area contributed by atoms with E-state index < -0.39 is 11.9 Å². The number of ether oxygens (including phenoxy) is 3. The minimum absolute atomic E-state index is 0.00539. The Kier molecular flexibility index (Phi) is 8.71. The van der Waals surface area contributed by atoms with Crippen molar-refractivity contribution in [1.82, 2.24) is 0 Å². The van der Waals surface area contributed by atoms with Crippen molar-refractivity contribution in [2.45, 2.75) is 72.0 Å². The quantitative estimate of drug-likeness (QED) is 0.447. The minimum atomic E-state index is -1.09. The molecule has 0 spiro atoms. The highest BCUT2D eigenvalue weighted by Crippen LogP contribution is 2.36. The van der Waals surface area contributed by atoms with Gasteiger partial charge in [-0.15, -0.1) is 0 Å². The highest BCUT2D eigenvalue weighted by molar-refractivity contribution is 5.98. The number of ketones is 1. The maximum absolute atomic E-state index is 12.4. The number of esters is 1. The third-order valence-electron chi connectivity index (χ3n) is 6.22. The van der Waals surface area contributed by atoms with Gasteiger partial charge in [0.1, 0.15) is 18.0 Å². The largest absolute Gasteiger partial charge is 0.497 e. The third kappa shape index (κ3) is 5.75. The van der Waals surface area contributed by atoms with Gasteiger partial charge in [0.15, 0.2) is 0 Å². The molecule has 5 atom stereocenters. The molecular formula is C24H36O6. The van der Waals surface area contributed by atoms with Gasteiger partial charge in [-0.05, 0) is 39.5 Å². The summed E-state index contributed by atoms with van der Waals surface area (Å²) in [4.78, 5) is 23.9. The summed E-state index contributed by atoms with van der Waals surface area (Å²) >= 11 is 0. The van der Waals surface area contributed by atoms with Crippen molar-refractivity contribution in [3.8, 4) is 0 Å². The first-order valence-corrected chi connectivity index (χ1v) is 10.8. The Balaban J connectivity index is 1.88. The van der Waals surface area contributed by atoms with Crippen molar-refractivity contribution in [3.05, 3.63) is 34.8 Å². The van der Waals surface area contributed by atoms with Crippen molar-refractivity contribution in [3.63, 3.8) is 0 Å². The van der Waals surface area contributed by atoms with Crippen LogP contribution in [0.25, 0.3) is 0 Å². The number of Topliss-reactive ketones (excluding diaryl/α,β-unsaturated/α-hetero) is 1. The summed E-state index contributed by atoms with van der Waals surface area (Å²) in [6.45, 7) is 8.01. The van der Waals surface area contributed by atoms with Gasteiger partial charge in [-0.25, -0.2) is 0 Å². The van der Waals surface area contributed by atoms with E-state index in [0.29, 0.717) is 12.2 Å². The fourth-order valence-corrected chi connectivity index (χ4v) is 4.31. The Labute approximate surface area is 180 Å². The Morgan fingerprint density at radius 3 is 2.40 bits per heavy atom. The molecule has 1 aliphatic heterocycles. The van der Waals surface area contributed by atoms with Gasteiger partial charge < -0.3 is 19.3 Å². The van der Waals surface area contributed by atoms with E-state index in [2.05, 4.69) is 26.0 Å². The fourth-order valence-electron chi connectivity index (χ4n) is 4.31. The molecule has 0 amide bonds. The van der Waals surface area contributed by atoms with E-state index in [4.69, 9.17) is 14.2 Å². The molecule has 6 nitrogen and oxygen atoms in total. The van der Waals surface area contributed by atoms with E-state index in [1.165, 1.54) is 25.4 Å². The number of hydrogen-bond acceptors (Lipinski definition) is 6. The molecule has 1 saturated heterocycles.